The van der Waals surface area contributed by atoms with Gasteiger partial charge in [-0.2, -0.15) is 0 Å². The number of benzene rings is 1. The molecule has 0 atom stereocenters. The van der Waals surface area contributed by atoms with Gasteiger partial charge in [-0.25, -0.2) is 0 Å². The van der Waals surface area contributed by atoms with E-state index in [1.807, 2.05) is 6.07 Å². The fourth-order valence-corrected chi connectivity index (χ4v) is 2.78. The molecule has 1 aromatic carbocycles. The highest BCUT2D eigenvalue weighted by Crippen LogP contribution is 2.22. The second-order valence-electron chi connectivity index (χ2n) is 5.45. The molecule has 0 saturated carbocycles. The van der Waals surface area contributed by atoms with Gasteiger partial charge in [0.15, 0.2) is 5.78 Å². The first-order valence-corrected chi connectivity index (χ1v) is 9.27. The summed E-state index contributed by atoms with van der Waals surface area (Å²) in [4.78, 5) is 14.4. The van der Waals surface area contributed by atoms with Crippen molar-refractivity contribution in [2.24, 2.45) is 0 Å². The summed E-state index contributed by atoms with van der Waals surface area (Å²) in [5.74, 6) is 0.173. The number of carbonyl (C=O) groups excluding carboxylic acids is 1. The van der Waals surface area contributed by atoms with E-state index in [-0.39, 0.29) is 5.78 Å². The van der Waals surface area contributed by atoms with Crippen molar-refractivity contribution in [2.45, 2.75) is 52.9 Å². The van der Waals surface area contributed by atoms with Gasteiger partial charge in [0.1, 0.15) is 0 Å². The molecule has 118 valence electrons. The van der Waals surface area contributed by atoms with E-state index < -0.39 is 0 Å². The number of hydrogen-bond donors (Lipinski definition) is 0. The van der Waals surface area contributed by atoms with Crippen molar-refractivity contribution in [3.63, 3.8) is 0 Å². The monoisotopic (exact) mass is 353 g/mol. The van der Waals surface area contributed by atoms with Crippen LogP contribution in [0.4, 0.5) is 5.69 Å². The third kappa shape index (κ3) is 5.46. The van der Waals surface area contributed by atoms with Gasteiger partial charge in [0, 0.05) is 24.3 Å². The molecule has 3 heteroatoms. The van der Waals surface area contributed by atoms with E-state index >= 15 is 0 Å². The molecule has 0 radical (unpaired) electrons. The molecule has 0 heterocycles. The van der Waals surface area contributed by atoms with Crippen LogP contribution in [-0.2, 0) is 6.42 Å². The zero-order valence-electron chi connectivity index (χ0n) is 13.6. The molecule has 0 fully saturated rings. The van der Waals surface area contributed by atoms with E-state index in [9.17, 15) is 4.79 Å². The highest BCUT2D eigenvalue weighted by molar-refractivity contribution is 9.09. The normalized spacial score (nSPS) is 10.7. The third-order valence-electron chi connectivity index (χ3n) is 3.82. The molecular formula is C18H28BrNO. The van der Waals surface area contributed by atoms with Crippen molar-refractivity contribution in [2.75, 3.05) is 23.3 Å². The Hall–Kier alpha value is -0.830. The minimum atomic E-state index is 0.173. The number of Topliss-reactive ketones (excluding diaryl/α,β-unsaturated/α-hetero) is 1. The van der Waals surface area contributed by atoms with Gasteiger partial charge in [-0.1, -0.05) is 49.5 Å². The number of ketones is 1. The minimum absolute atomic E-state index is 0.173. The van der Waals surface area contributed by atoms with Crippen LogP contribution in [0.3, 0.4) is 0 Å². The number of alkyl halides is 1. The maximum Gasteiger partial charge on any atom is 0.173 e. The van der Waals surface area contributed by atoms with E-state index in [1.54, 1.807) is 0 Å². The molecule has 0 N–H and O–H groups in total. The van der Waals surface area contributed by atoms with Gasteiger partial charge in [0.25, 0.3) is 0 Å². The predicted molar refractivity (Wildman–Crippen MR) is 96.0 cm³/mol. The molecule has 0 aliphatic rings. The molecule has 2 nitrogen and oxygen atoms in total. The summed E-state index contributed by atoms with van der Waals surface area (Å²) in [6, 6.07) is 6.32. The second-order valence-corrected chi connectivity index (χ2v) is 6.01. The zero-order chi connectivity index (χ0) is 15.7. The first-order chi connectivity index (χ1) is 10.2. The fourth-order valence-electron chi connectivity index (χ4n) is 2.48. The molecule has 0 saturated heterocycles. The second kappa shape index (κ2) is 9.99. The van der Waals surface area contributed by atoms with Crippen LogP contribution in [0.5, 0.6) is 0 Å². The summed E-state index contributed by atoms with van der Waals surface area (Å²) in [6.45, 7) is 8.78. The Morgan fingerprint density at radius 1 is 1.10 bits per heavy atom. The van der Waals surface area contributed by atoms with Gasteiger partial charge in [-0.3, -0.25) is 4.79 Å². The fraction of sp³-hybridized carbons (Fsp3) is 0.611. The molecule has 21 heavy (non-hydrogen) atoms. The van der Waals surface area contributed by atoms with E-state index in [1.165, 1.54) is 31.4 Å². The van der Waals surface area contributed by atoms with Crippen LogP contribution < -0.4 is 4.90 Å². The molecule has 0 unspecified atom stereocenters. The molecule has 0 spiro atoms. The summed E-state index contributed by atoms with van der Waals surface area (Å²) in [5.41, 5.74) is 3.29. The molecule has 0 amide bonds. The van der Waals surface area contributed by atoms with Crippen molar-refractivity contribution in [1.82, 2.24) is 0 Å². The van der Waals surface area contributed by atoms with Crippen LogP contribution in [0.1, 0.15) is 62.4 Å². The van der Waals surface area contributed by atoms with Gasteiger partial charge < -0.3 is 4.90 Å². The highest BCUT2D eigenvalue weighted by atomic mass is 79.9. The lowest BCUT2D eigenvalue weighted by Gasteiger charge is -2.25. The topological polar surface area (TPSA) is 20.3 Å². The molecule has 1 aromatic rings. The molecular weight excluding hydrogens is 326 g/mol. The number of halogens is 1. The number of rotatable bonds is 10. The SMILES string of the molecule is CCCCN(CCCC)c1ccc(C(=O)CBr)c(CC)c1. The maximum absolute atomic E-state index is 12.0. The first-order valence-electron chi connectivity index (χ1n) is 8.14. The first kappa shape index (κ1) is 18.2. The van der Waals surface area contributed by atoms with Crippen molar-refractivity contribution < 1.29 is 4.79 Å². The lowest BCUT2D eigenvalue weighted by molar-refractivity contribution is 0.102. The average Bonchev–Trinajstić information content (AvgIpc) is 2.53. The number of aryl methyl sites for hydroxylation is 1. The predicted octanol–water partition coefficient (Wildman–Crippen LogP) is 5.23. The molecule has 0 aliphatic heterocycles. The van der Waals surface area contributed by atoms with Crippen LogP contribution in [0.2, 0.25) is 0 Å². The molecule has 0 bridgehead atoms. The summed E-state index contributed by atoms with van der Waals surface area (Å²) in [6.07, 6.45) is 5.75. The maximum atomic E-state index is 12.0. The number of nitrogens with zero attached hydrogens (tertiary/aromatic N) is 1. The van der Waals surface area contributed by atoms with Crippen LogP contribution in [0.15, 0.2) is 18.2 Å². The van der Waals surface area contributed by atoms with E-state index in [0.717, 1.165) is 30.6 Å². The number of carbonyl (C=O) groups is 1. The summed E-state index contributed by atoms with van der Waals surface area (Å²) >= 11 is 3.27. The number of hydrogen-bond acceptors (Lipinski definition) is 2. The van der Waals surface area contributed by atoms with Crippen molar-refractivity contribution in [3.05, 3.63) is 29.3 Å². The van der Waals surface area contributed by atoms with Gasteiger partial charge in [-0.05, 0) is 43.0 Å². The van der Waals surface area contributed by atoms with Gasteiger partial charge in [0.2, 0.25) is 0 Å². The van der Waals surface area contributed by atoms with E-state index in [2.05, 4.69) is 53.7 Å². The van der Waals surface area contributed by atoms with Gasteiger partial charge in [-0.15, -0.1) is 0 Å². The minimum Gasteiger partial charge on any atom is -0.372 e. The van der Waals surface area contributed by atoms with Gasteiger partial charge >= 0.3 is 0 Å². The molecule has 0 aliphatic carbocycles. The lowest BCUT2D eigenvalue weighted by Crippen LogP contribution is -2.25. The van der Waals surface area contributed by atoms with E-state index in [0.29, 0.717) is 5.33 Å². The van der Waals surface area contributed by atoms with Crippen molar-refractivity contribution in [3.8, 4) is 0 Å². The summed E-state index contributed by atoms with van der Waals surface area (Å²) < 4.78 is 0. The van der Waals surface area contributed by atoms with Crippen LogP contribution >= 0.6 is 15.9 Å². The third-order valence-corrected chi connectivity index (χ3v) is 4.33. The van der Waals surface area contributed by atoms with Gasteiger partial charge in [0.05, 0.1) is 5.33 Å². The zero-order valence-corrected chi connectivity index (χ0v) is 15.2. The smallest absolute Gasteiger partial charge is 0.173 e. The Bertz CT molecular complexity index is 437. The quantitative estimate of drug-likeness (QED) is 0.423. The van der Waals surface area contributed by atoms with Crippen molar-refractivity contribution >= 4 is 27.4 Å². The van der Waals surface area contributed by atoms with Crippen molar-refractivity contribution in [1.29, 1.82) is 0 Å². The Labute approximate surface area is 138 Å². The molecule has 1 rings (SSSR count). The number of anilines is 1. The Morgan fingerprint density at radius 2 is 1.71 bits per heavy atom. The Kier molecular flexibility index (Phi) is 8.67. The largest absolute Gasteiger partial charge is 0.372 e. The summed E-state index contributed by atoms with van der Waals surface area (Å²) in [7, 11) is 0. The van der Waals surface area contributed by atoms with Crippen LogP contribution in [0, 0.1) is 0 Å². The Balaban J connectivity index is 2.99. The van der Waals surface area contributed by atoms with E-state index in [4.69, 9.17) is 0 Å². The van der Waals surface area contributed by atoms with Crippen LogP contribution in [0.25, 0.3) is 0 Å². The van der Waals surface area contributed by atoms with Crippen LogP contribution in [-0.4, -0.2) is 24.2 Å². The lowest BCUT2D eigenvalue weighted by atomic mass is 10.0. The standard InChI is InChI=1S/C18H28BrNO/c1-4-7-11-20(12-8-5-2)16-9-10-17(18(21)14-19)15(6-3)13-16/h9-10,13H,4-8,11-12,14H2,1-3H3. The average molecular weight is 354 g/mol. The summed E-state index contributed by atoms with van der Waals surface area (Å²) in [5, 5.41) is 0.398. The highest BCUT2D eigenvalue weighted by Gasteiger charge is 2.12. The molecule has 0 aromatic heterocycles. The Morgan fingerprint density at radius 3 is 2.19 bits per heavy atom. The number of unbranched alkanes of at least 4 members (excludes halogenated alkanes) is 2.